The van der Waals surface area contributed by atoms with Crippen molar-refractivity contribution < 1.29 is 38.1 Å². The molecule has 2 aromatic heterocycles. The summed E-state index contributed by atoms with van der Waals surface area (Å²) in [5.74, 6) is -0.653. The van der Waals surface area contributed by atoms with Crippen molar-refractivity contribution in [2.24, 2.45) is 0 Å². The molecule has 0 saturated carbocycles. The van der Waals surface area contributed by atoms with Gasteiger partial charge in [-0.2, -0.15) is 0 Å². The highest BCUT2D eigenvalue weighted by Crippen LogP contribution is 2.35. The largest absolute Gasteiger partial charge is 0.481 e. The van der Waals surface area contributed by atoms with E-state index in [1.54, 1.807) is 24.5 Å². The van der Waals surface area contributed by atoms with Crippen LogP contribution in [-0.4, -0.2) is 64.5 Å². The van der Waals surface area contributed by atoms with Crippen LogP contribution in [0.3, 0.4) is 0 Å². The number of aromatic nitrogens is 2. The van der Waals surface area contributed by atoms with E-state index in [1.807, 2.05) is 6.07 Å². The summed E-state index contributed by atoms with van der Waals surface area (Å²) in [6, 6.07) is 5.36. The molecule has 2 aromatic rings. The highest BCUT2D eigenvalue weighted by molar-refractivity contribution is 7.99. The second-order valence-corrected chi connectivity index (χ2v) is 8.22. The Morgan fingerprint density at radius 1 is 1.00 bits per heavy atom. The maximum atomic E-state index is 11.8. The molecule has 4 atom stereocenters. The third kappa shape index (κ3) is 6.35. The number of methoxy groups -OCH3 is 1. The van der Waals surface area contributed by atoms with Gasteiger partial charge >= 0.3 is 17.9 Å². The maximum absolute atomic E-state index is 11.8. The van der Waals surface area contributed by atoms with Crippen molar-refractivity contribution in [1.29, 1.82) is 0 Å². The van der Waals surface area contributed by atoms with Crippen molar-refractivity contribution in [3.8, 4) is 22.8 Å². The van der Waals surface area contributed by atoms with Gasteiger partial charge in [0.1, 0.15) is 5.75 Å². The Morgan fingerprint density at radius 2 is 1.70 bits per heavy atom. The number of rotatable bonds is 7. The molecule has 3 heterocycles. The first-order valence-corrected chi connectivity index (χ1v) is 11.1. The molecule has 0 amide bonds. The number of carbonyl (C=O) groups excluding carboxylic acids is 3. The predicted octanol–water partition coefficient (Wildman–Crippen LogP) is 2.40. The highest BCUT2D eigenvalue weighted by atomic mass is 32.2. The van der Waals surface area contributed by atoms with Crippen LogP contribution >= 0.6 is 11.8 Å². The minimum Gasteiger partial charge on any atom is -0.481 e. The van der Waals surface area contributed by atoms with E-state index in [9.17, 15) is 14.4 Å². The average molecular weight is 477 g/mol. The topological polar surface area (TPSA) is 123 Å². The summed E-state index contributed by atoms with van der Waals surface area (Å²) in [5, 5.41) is 0. The molecular formula is C22H24N2O8S. The number of carbonyl (C=O) groups is 3. The zero-order valence-corrected chi connectivity index (χ0v) is 19.4. The lowest BCUT2D eigenvalue weighted by molar-refractivity contribution is -0.186. The van der Waals surface area contributed by atoms with Crippen LogP contribution in [0.1, 0.15) is 20.8 Å². The maximum Gasteiger partial charge on any atom is 0.303 e. The number of ether oxygens (including phenoxy) is 5. The Bertz CT molecular complexity index is 1020. The van der Waals surface area contributed by atoms with Crippen molar-refractivity contribution >= 4 is 29.7 Å². The van der Waals surface area contributed by atoms with Gasteiger partial charge in [-0.05, 0) is 18.2 Å². The molecule has 1 saturated heterocycles. The minimum atomic E-state index is -1.03. The molecule has 0 bridgehead atoms. The zero-order chi connectivity index (χ0) is 24.0. The van der Waals surface area contributed by atoms with E-state index in [4.69, 9.17) is 23.7 Å². The van der Waals surface area contributed by atoms with Gasteiger partial charge in [0.2, 0.25) is 5.88 Å². The van der Waals surface area contributed by atoms with E-state index in [0.29, 0.717) is 17.2 Å². The number of esters is 3. The monoisotopic (exact) mass is 476 g/mol. The quantitative estimate of drug-likeness (QED) is 0.432. The van der Waals surface area contributed by atoms with E-state index in [1.165, 1.54) is 45.8 Å². The fraction of sp³-hybridized carbons (Fsp3) is 0.409. The molecule has 0 unspecified atom stereocenters. The third-order valence-electron chi connectivity index (χ3n) is 4.55. The Balaban J connectivity index is 1.89. The lowest BCUT2D eigenvalue weighted by Crippen LogP contribution is -2.55. The summed E-state index contributed by atoms with van der Waals surface area (Å²) in [5.41, 5.74) is 0.674. The summed E-state index contributed by atoms with van der Waals surface area (Å²) < 4.78 is 27.5. The van der Waals surface area contributed by atoms with E-state index in [-0.39, 0.29) is 5.75 Å². The fourth-order valence-electron chi connectivity index (χ4n) is 3.35. The second kappa shape index (κ2) is 11.0. The Hall–Kier alpha value is -3.34. The van der Waals surface area contributed by atoms with Crippen molar-refractivity contribution in [3.05, 3.63) is 36.8 Å². The van der Waals surface area contributed by atoms with Gasteiger partial charge in [0.05, 0.1) is 13.3 Å². The van der Waals surface area contributed by atoms with Crippen LogP contribution in [-0.2, 0) is 28.6 Å². The van der Waals surface area contributed by atoms with E-state index in [0.717, 1.165) is 5.56 Å². The number of nitrogens with zero attached hydrogens (tertiary/aromatic N) is 2. The summed E-state index contributed by atoms with van der Waals surface area (Å²) in [7, 11) is 1.52. The van der Waals surface area contributed by atoms with Crippen LogP contribution in [0.25, 0.3) is 11.1 Å². The van der Waals surface area contributed by atoms with Crippen LogP contribution in [0.2, 0.25) is 0 Å². The van der Waals surface area contributed by atoms with Crippen LogP contribution in [0, 0.1) is 0 Å². The molecule has 176 valence electrons. The molecule has 10 nitrogen and oxygen atoms in total. The SMILES string of the molecule is COc1ncccc1-c1cncc(O[C@@H]2SC[C@@H](OC(C)=O)[C@H](OC(C)=O)[C@H]2OC(C)=O)c1. The summed E-state index contributed by atoms with van der Waals surface area (Å²) >= 11 is 1.27. The molecule has 0 radical (unpaired) electrons. The second-order valence-electron chi connectivity index (χ2n) is 7.09. The van der Waals surface area contributed by atoms with Gasteiger partial charge in [-0.1, -0.05) is 0 Å². The van der Waals surface area contributed by atoms with Crippen molar-refractivity contribution in [2.45, 2.75) is 44.5 Å². The normalized spacial score (nSPS) is 22.1. The molecule has 0 spiro atoms. The zero-order valence-electron chi connectivity index (χ0n) is 18.5. The van der Waals surface area contributed by atoms with Gasteiger partial charge in [-0.15, -0.1) is 11.8 Å². The molecule has 0 aliphatic carbocycles. The first-order valence-electron chi connectivity index (χ1n) is 10.0. The molecular weight excluding hydrogens is 452 g/mol. The molecule has 1 aliphatic rings. The molecule has 3 rings (SSSR count). The molecule has 1 fully saturated rings. The van der Waals surface area contributed by atoms with Gasteiger partial charge in [-0.3, -0.25) is 19.4 Å². The Morgan fingerprint density at radius 3 is 2.36 bits per heavy atom. The summed E-state index contributed by atoms with van der Waals surface area (Å²) in [6.07, 6.45) is 1.92. The third-order valence-corrected chi connectivity index (χ3v) is 5.76. The number of hydrogen-bond acceptors (Lipinski definition) is 11. The lowest BCUT2D eigenvalue weighted by atomic mass is 10.1. The van der Waals surface area contributed by atoms with E-state index in [2.05, 4.69) is 9.97 Å². The fourth-order valence-corrected chi connectivity index (χ4v) is 4.56. The van der Waals surface area contributed by atoms with Gasteiger partial charge < -0.3 is 23.7 Å². The van der Waals surface area contributed by atoms with Crippen LogP contribution < -0.4 is 9.47 Å². The first kappa shape index (κ1) is 24.3. The van der Waals surface area contributed by atoms with Crippen molar-refractivity contribution in [2.75, 3.05) is 12.9 Å². The van der Waals surface area contributed by atoms with Crippen LogP contribution in [0.15, 0.2) is 36.8 Å². The predicted molar refractivity (Wildman–Crippen MR) is 118 cm³/mol. The summed E-state index contributed by atoms with van der Waals surface area (Å²) in [6.45, 7) is 3.71. The Labute approximate surface area is 194 Å². The van der Waals surface area contributed by atoms with Gasteiger partial charge in [0.15, 0.2) is 23.7 Å². The van der Waals surface area contributed by atoms with Gasteiger partial charge in [0.25, 0.3) is 0 Å². The average Bonchev–Trinajstić information content (AvgIpc) is 2.77. The first-order chi connectivity index (χ1) is 15.8. The number of hydrogen-bond donors (Lipinski definition) is 0. The molecule has 0 aromatic carbocycles. The standard InChI is InChI=1S/C22H24N2O8S/c1-12(25)29-18-11-33-22(20(31-14(3)27)19(18)30-13(2)26)32-16-8-15(9-23-10-16)17-6-5-7-24-21(17)28-4/h5-10,18-20,22H,11H2,1-4H3/t18-,19+,20-,22-/m1/s1. The molecule has 1 aliphatic heterocycles. The van der Waals surface area contributed by atoms with E-state index >= 15 is 0 Å². The van der Waals surface area contributed by atoms with Gasteiger partial charge in [-0.25, -0.2) is 4.98 Å². The lowest BCUT2D eigenvalue weighted by Gasteiger charge is -2.39. The van der Waals surface area contributed by atoms with Crippen molar-refractivity contribution in [3.63, 3.8) is 0 Å². The van der Waals surface area contributed by atoms with Crippen LogP contribution in [0.4, 0.5) is 0 Å². The van der Waals surface area contributed by atoms with E-state index < -0.39 is 41.7 Å². The number of pyridine rings is 2. The highest BCUT2D eigenvalue weighted by Gasteiger charge is 2.47. The summed E-state index contributed by atoms with van der Waals surface area (Å²) in [4.78, 5) is 43.5. The smallest absolute Gasteiger partial charge is 0.303 e. The Kier molecular flexibility index (Phi) is 8.10. The number of thioether (sulfide) groups is 1. The minimum absolute atomic E-state index is 0.267. The molecule has 33 heavy (non-hydrogen) atoms. The van der Waals surface area contributed by atoms with Gasteiger partial charge in [0, 0.05) is 50.0 Å². The van der Waals surface area contributed by atoms with Crippen LogP contribution in [0.5, 0.6) is 11.6 Å². The molecule has 0 N–H and O–H groups in total. The molecule has 11 heteroatoms. The van der Waals surface area contributed by atoms with Crippen molar-refractivity contribution in [1.82, 2.24) is 9.97 Å².